The van der Waals surface area contributed by atoms with Gasteiger partial charge in [-0.1, -0.05) is 56.3 Å². The van der Waals surface area contributed by atoms with Gasteiger partial charge in [-0.05, 0) is 66.6 Å². The normalized spacial score (nSPS) is 15.2. The van der Waals surface area contributed by atoms with E-state index in [1.807, 2.05) is 50.2 Å². The molecule has 34 heavy (non-hydrogen) atoms. The number of carbonyl (C=O) groups excluding carboxylic acids is 1. The van der Waals surface area contributed by atoms with E-state index in [2.05, 4.69) is 16.1 Å². The number of amides is 1. The molecule has 1 amide bonds. The number of sulfonamides is 1. The lowest BCUT2D eigenvalue weighted by Crippen LogP contribution is -2.28. The van der Waals surface area contributed by atoms with Crippen LogP contribution in [0.2, 0.25) is 0 Å². The highest BCUT2D eigenvalue weighted by Crippen LogP contribution is 2.32. The molecule has 0 heterocycles. The minimum atomic E-state index is -3.89. The van der Waals surface area contributed by atoms with Gasteiger partial charge in [-0.25, -0.2) is 13.1 Å². The number of carbonyl (C=O) groups is 1. The van der Waals surface area contributed by atoms with Crippen LogP contribution in [0.4, 0.5) is 0 Å². The van der Waals surface area contributed by atoms with Crippen LogP contribution in [0, 0.1) is 5.92 Å². The number of fused-ring (bicyclic) bond motifs is 1. The number of benzene rings is 3. The molecule has 178 valence electrons. The monoisotopic (exact) mass is 478 g/mol. The second-order valence-corrected chi connectivity index (χ2v) is 10.7. The molecule has 3 aromatic carbocycles. The Morgan fingerprint density at radius 1 is 1.03 bits per heavy atom. The van der Waals surface area contributed by atoms with Crippen LogP contribution < -0.4 is 14.8 Å². The Hall–Kier alpha value is -3.16. The highest BCUT2D eigenvalue weighted by atomic mass is 32.2. The Labute approximate surface area is 201 Å². The average Bonchev–Trinajstić information content (AvgIpc) is 3.22. The van der Waals surface area contributed by atoms with Gasteiger partial charge in [0.25, 0.3) is 5.91 Å². The van der Waals surface area contributed by atoms with Crippen molar-refractivity contribution >= 4 is 15.9 Å². The Balaban J connectivity index is 1.61. The average molecular weight is 479 g/mol. The first-order chi connectivity index (χ1) is 16.3. The number of hydrogen-bond acceptors (Lipinski definition) is 4. The first-order valence-corrected chi connectivity index (χ1v) is 13.1. The number of ether oxygens (including phenoxy) is 1. The summed E-state index contributed by atoms with van der Waals surface area (Å²) >= 11 is 0. The molecule has 0 fully saturated rings. The molecule has 0 radical (unpaired) electrons. The molecule has 2 N–H and O–H groups in total. The second-order valence-electron chi connectivity index (χ2n) is 8.92. The van der Waals surface area contributed by atoms with Crippen LogP contribution in [0.3, 0.4) is 0 Å². The number of rotatable bonds is 9. The van der Waals surface area contributed by atoms with Crippen LogP contribution in [0.1, 0.15) is 54.2 Å². The summed E-state index contributed by atoms with van der Waals surface area (Å²) < 4.78 is 34.9. The number of aryl methyl sites for hydroxylation is 1. The maximum Gasteiger partial charge on any atom is 0.251 e. The van der Waals surface area contributed by atoms with Crippen LogP contribution >= 0.6 is 0 Å². The molecule has 1 aliphatic rings. The number of nitrogens with one attached hydrogen (secondary N) is 2. The van der Waals surface area contributed by atoms with Gasteiger partial charge in [-0.2, -0.15) is 0 Å². The molecule has 1 atom stereocenters. The predicted molar refractivity (Wildman–Crippen MR) is 133 cm³/mol. The van der Waals surface area contributed by atoms with E-state index in [0.29, 0.717) is 24.6 Å². The minimum Gasteiger partial charge on any atom is -0.456 e. The van der Waals surface area contributed by atoms with Gasteiger partial charge in [-0.3, -0.25) is 4.79 Å². The first kappa shape index (κ1) is 24.0. The minimum absolute atomic E-state index is 0.0559. The van der Waals surface area contributed by atoms with Crippen LogP contribution in [0.5, 0.6) is 11.5 Å². The maximum atomic E-state index is 13.2. The van der Waals surface area contributed by atoms with Crippen molar-refractivity contribution < 1.29 is 17.9 Å². The lowest BCUT2D eigenvalue weighted by molar-refractivity contribution is 0.0936. The Bertz CT molecular complexity index is 1260. The van der Waals surface area contributed by atoms with E-state index in [1.54, 1.807) is 24.3 Å². The van der Waals surface area contributed by atoms with E-state index in [4.69, 9.17) is 4.74 Å². The fraction of sp³-hybridized carbons (Fsp3) is 0.296. The van der Waals surface area contributed by atoms with Crippen LogP contribution in [0.25, 0.3) is 0 Å². The summed E-state index contributed by atoms with van der Waals surface area (Å²) in [6.07, 6.45) is 2.43. The van der Waals surface area contributed by atoms with Gasteiger partial charge in [0.1, 0.15) is 16.4 Å². The summed E-state index contributed by atoms with van der Waals surface area (Å²) in [6, 6.07) is 21.5. The fourth-order valence-corrected chi connectivity index (χ4v) is 5.27. The van der Waals surface area contributed by atoms with Crippen molar-refractivity contribution in [1.29, 1.82) is 0 Å². The Morgan fingerprint density at radius 2 is 1.76 bits per heavy atom. The summed E-state index contributed by atoms with van der Waals surface area (Å²) in [6.45, 7) is 4.37. The number of para-hydroxylation sites is 1. The molecule has 0 saturated carbocycles. The van der Waals surface area contributed by atoms with E-state index in [1.165, 1.54) is 11.6 Å². The molecule has 0 saturated heterocycles. The largest absolute Gasteiger partial charge is 0.456 e. The molecule has 4 rings (SSSR count). The summed E-state index contributed by atoms with van der Waals surface area (Å²) in [5.74, 6) is 0.729. The van der Waals surface area contributed by atoms with E-state index in [9.17, 15) is 13.2 Å². The standard InChI is InChI=1S/C27H30N2O4S/c1-19(2)16-17-28-34(31,32)26-18-21(13-15-25(26)33-22-9-4-3-5-10-22)27(30)29-24-14-12-20-8-6-7-11-23(20)24/h3-11,13,15,18-19,24,28H,12,14,16-17H2,1-2H3,(H,29,30). The topological polar surface area (TPSA) is 84.5 Å². The molecule has 0 bridgehead atoms. The second kappa shape index (κ2) is 10.4. The van der Waals surface area contributed by atoms with Gasteiger partial charge in [0, 0.05) is 12.1 Å². The lowest BCUT2D eigenvalue weighted by Gasteiger charge is -2.17. The van der Waals surface area contributed by atoms with E-state index < -0.39 is 10.0 Å². The summed E-state index contributed by atoms with van der Waals surface area (Å²) in [4.78, 5) is 13.0. The zero-order valence-corrected chi connectivity index (χ0v) is 20.3. The molecule has 1 aliphatic carbocycles. The molecule has 3 aromatic rings. The van der Waals surface area contributed by atoms with Crippen molar-refractivity contribution in [3.8, 4) is 11.5 Å². The fourth-order valence-electron chi connectivity index (χ4n) is 4.07. The van der Waals surface area contributed by atoms with Gasteiger partial charge in [0.2, 0.25) is 10.0 Å². The molecule has 0 aromatic heterocycles. The SMILES string of the molecule is CC(C)CCNS(=O)(=O)c1cc(C(=O)NC2CCc3ccccc32)ccc1Oc1ccccc1. The predicted octanol–water partition coefficient (Wildman–Crippen LogP) is 5.22. The molecular weight excluding hydrogens is 448 g/mol. The van der Waals surface area contributed by atoms with Crippen molar-refractivity contribution in [2.75, 3.05) is 6.54 Å². The van der Waals surface area contributed by atoms with E-state index in [0.717, 1.165) is 18.4 Å². The maximum absolute atomic E-state index is 13.2. The van der Waals surface area contributed by atoms with Crippen molar-refractivity contribution in [1.82, 2.24) is 10.0 Å². The van der Waals surface area contributed by atoms with Crippen LogP contribution in [-0.4, -0.2) is 20.9 Å². The van der Waals surface area contributed by atoms with Crippen molar-refractivity contribution in [2.24, 2.45) is 5.92 Å². The first-order valence-electron chi connectivity index (χ1n) is 11.6. The smallest absolute Gasteiger partial charge is 0.251 e. The third-order valence-corrected chi connectivity index (χ3v) is 7.40. The molecular formula is C27H30N2O4S. The van der Waals surface area contributed by atoms with Gasteiger partial charge >= 0.3 is 0 Å². The quantitative estimate of drug-likeness (QED) is 0.442. The molecule has 0 aliphatic heterocycles. The highest BCUT2D eigenvalue weighted by molar-refractivity contribution is 7.89. The van der Waals surface area contributed by atoms with Gasteiger partial charge < -0.3 is 10.1 Å². The van der Waals surface area contributed by atoms with Gasteiger partial charge in [-0.15, -0.1) is 0 Å². The molecule has 0 spiro atoms. The van der Waals surface area contributed by atoms with Crippen molar-refractivity contribution in [2.45, 2.75) is 44.0 Å². The van der Waals surface area contributed by atoms with E-state index >= 15 is 0 Å². The molecule has 6 nitrogen and oxygen atoms in total. The van der Waals surface area contributed by atoms with Gasteiger partial charge in [0.05, 0.1) is 6.04 Å². The van der Waals surface area contributed by atoms with Crippen molar-refractivity contribution in [3.05, 3.63) is 89.5 Å². The van der Waals surface area contributed by atoms with Crippen LogP contribution in [0.15, 0.2) is 77.7 Å². The summed E-state index contributed by atoms with van der Waals surface area (Å²) in [5, 5.41) is 3.06. The number of hydrogen-bond donors (Lipinski definition) is 2. The van der Waals surface area contributed by atoms with E-state index in [-0.39, 0.29) is 28.2 Å². The van der Waals surface area contributed by atoms with Crippen LogP contribution in [-0.2, 0) is 16.4 Å². The van der Waals surface area contributed by atoms with Gasteiger partial charge in [0.15, 0.2) is 0 Å². The zero-order valence-electron chi connectivity index (χ0n) is 19.5. The Morgan fingerprint density at radius 3 is 2.53 bits per heavy atom. The van der Waals surface area contributed by atoms with Crippen molar-refractivity contribution in [3.63, 3.8) is 0 Å². The third-order valence-electron chi connectivity index (χ3n) is 5.92. The lowest BCUT2D eigenvalue weighted by atomic mass is 10.1. The zero-order chi connectivity index (χ0) is 24.1. The summed E-state index contributed by atoms with van der Waals surface area (Å²) in [5.41, 5.74) is 2.62. The Kier molecular flexibility index (Phi) is 7.34. The molecule has 7 heteroatoms. The summed E-state index contributed by atoms with van der Waals surface area (Å²) in [7, 11) is -3.89. The third kappa shape index (κ3) is 5.66. The highest BCUT2D eigenvalue weighted by Gasteiger charge is 2.26. The molecule has 1 unspecified atom stereocenters.